The van der Waals surface area contributed by atoms with Crippen LogP contribution in [0.15, 0.2) is 30.3 Å². The lowest BCUT2D eigenvalue weighted by Gasteiger charge is -2.32. The van der Waals surface area contributed by atoms with Crippen LogP contribution >= 0.6 is 0 Å². The molecule has 4 heteroatoms. The Morgan fingerprint density at radius 1 is 1.29 bits per heavy atom. The molecule has 3 rings (SSSR count). The number of hydrogen-bond donors (Lipinski definition) is 2. The van der Waals surface area contributed by atoms with Gasteiger partial charge in [-0.3, -0.25) is 4.79 Å². The molecule has 1 aliphatic carbocycles. The molecule has 2 aliphatic rings. The highest BCUT2D eigenvalue weighted by Crippen LogP contribution is 2.35. The zero-order valence-electron chi connectivity index (χ0n) is 12.3. The summed E-state index contributed by atoms with van der Waals surface area (Å²) in [6.07, 6.45) is 4.07. The highest BCUT2D eigenvalue weighted by molar-refractivity contribution is 5.80. The molecule has 1 aromatic rings. The fraction of sp³-hybridized carbons (Fsp3) is 0.588. The van der Waals surface area contributed by atoms with Crippen LogP contribution in [0.4, 0.5) is 0 Å². The summed E-state index contributed by atoms with van der Waals surface area (Å²) in [5.74, 6) is 0.582. The van der Waals surface area contributed by atoms with Crippen molar-refractivity contribution < 1.29 is 9.53 Å². The first kappa shape index (κ1) is 14.5. The normalized spacial score (nSPS) is 27.1. The van der Waals surface area contributed by atoms with Crippen molar-refractivity contribution >= 4 is 5.91 Å². The number of nitrogens with two attached hydrogens (primary N) is 1. The molecule has 0 spiro atoms. The first-order valence-corrected chi connectivity index (χ1v) is 7.96. The summed E-state index contributed by atoms with van der Waals surface area (Å²) in [4.78, 5) is 12.6. The van der Waals surface area contributed by atoms with Crippen LogP contribution in [-0.2, 0) is 9.53 Å². The van der Waals surface area contributed by atoms with E-state index in [9.17, 15) is 4.79 Å². The van der Waals surface area contributed by atoms with Crippen LogP contribution in [0.3, 0.4) is 0 Å². The topological polar surface area (TPSA) is 64.3 Å². The van der Waals surface area contributed by atoms with Crippen molar-refractivity contribution in [1.82, 2.24) is 5.32 Å². The number of amides is 1. The summed E-state index contributed by atoms with van der Waals surface area (Å²) in [5, 5.41) is 3.15. The lowest BCUT2D eigenvalue weighted by molar-refractivity contribution is -0.135. The standard InChI is InChI=1S/C17H24N2O2/c18-11-15(12-8-9-12)19-17(20)14-7-4-10-21-16(14)13-5-2-1-3-6-13/h1-3,5-6,12,14-16H,4,7-11,18H2,(H,19,20). The van der Waals surface area contributed by atoms with Crippen molar-refractivity contribution in [3.63, 3.8) is 0 Å². The van der Waals surface area contributed by atoms with E-state index in [0.717, 1.165) is 25.0 Å². The Bertz CT molecular complexity index is 473. The molecule has 1 aliphatic heterocycles. The molecule has 3 unspecified atom stereocenters. The molecule has 1 saturated carbocycles. The second kappa shape index (κ2) is 6.58. The van der Waals surface area contributed by atoms with E-state index in [0.29, 0.717) is 12.5 Å². The van der Waals surface area contributed by atoms with Crippen molar-refractivity contribution in [2.75, 3.05) is 13.2 Å². The van der Waals surface area contributed by atoms with Gasteiger partial charge in [0.05, 0.1) is 12.0 Å². The molecule has 1 heterocycles. The lowest BCUT2D eigenvalue weighted by Crippen LogP contribution is -2.46. The van der Waals surface area contributed by atoms with E-state index in [2.05, 4.69) is 5.32 Å². The Morgan fingerprint density at radius 3 is 2.71 bits per heavy atom. The van der Waals surface area contributed by atoms with Gasteiger partial charge in [-0.2, -0.15) is 0 Å². The van der Waals surface area contributed by atoms with Gasteiger partial charge in [-0.15, -0.1) is 0 Å². The molecular weight excluding hydrogens is 264 g/mol. The third-order valence-electron chi connectivity index (χ3n) is 4.56. The molecule has 4 nitrogen and oxygen atoms in total. The second-order valence-electron chi connectivity index (χ2n) is 6.14. The van der Waals surface area contributed by atoms with Crippen LogP contribution in [0.1, 0.15) is 37.4 Å². The summed E-state index contributed by atoms with van der Waals surface area (Å²) in [5.41, 5.74) is 6.88. The average Bonchev–Trinajstić information content (AvgIpc) is 3.38. The van der Waals surface area contributed by atoms with Gasteiger partial charge < -0.3 is 15.8 Å². The number of ether oxygens (including phenoxy) is 1. The predicted octanol–water partition coefficient (Wildman–Crippen LogP) is 2.01. The van der Waals surface area contributed by atoms with Gasteiger partial charge in [0.15, 0.2) is 0 Å². The maximum Gasteiger partial charge on any atom is 0.226 e. The van der Waals surface area contributed by atoms with Crippen LogP contribution in [-0.4, -0.2) is 25.1 Å². The van der Waals surface area contributed by atoms with Crippen molar-refractivity contribution in [3.05, 3.63) is 35.9 Å². The Hall–Kier alpha value is -1.39. The van der Waals surface area contributed by atoms with E-state index in [-0.39, 0.29) is 24.0 Å². The van der Waals surface area contributed by atoms with E-state index in [1.807, 2.05) is 30.3 Å². The molecule has 0 aromatic heterocycles. The van der Waals surface area contributed by atoms with Gasteiger partial charge in [0.2, 0.25) is 5.91 Å². The molecule has 1 saturated heterocycles. The van der Waals surface area contributed by atoms with Gasteiger partial charge in [-0.05, 0) is 37.2 Å². The Kier molecular flexibility index (Phi) is 4.56. The van der Waals surface area contributed by atoms with Gasteiger partial charge in [-0.25, -0.2) is 0 Å². The van der Waals surface area contributed by atoms with Crippen molar-refractivity contribution in [2.24, 2.45) is 17.6 Å². The van der Waals surface area contributed by atoms with Crippen molar-refractivity contribution in [2.45, 2.75) is 37.8 Å². The highest BCUT2D eigenvalue weighted by atomic mass is 16.5. The van der Waals surface area contributed by atoms with E-state index in [1.165, 1.54) is 12.8 Å². The van der Waals surface area contributed by atoms with Crippen LogP contribution in [0.25, 0.3) is 0 Å². The zero-order valence-corrected chi connectivity index (χ0v) is 12.3. The largest absolute Gasteiger partial charge is 0.373 e. The molecular formula is C17H24N2O2. The summed E-state index contributed by atoms with van der Waals surface area (Å²) < 4.78 is 5.90. The average molecular weight is 288 g/mol. The summed E-state index contributed by atoms with van der Waals surface area (Å²) in [7, 11) is 0. The van der Waals surface area contributed by atoms with E-state index < -0.39 is 0 Å². The number of benzene rings is 1. The summed E-state index contributed by atoms with van der Waals surface area (Å²) in [6, 6.07) is 10.2. The van der Waals surface area contributed by atoms with Gasteiger partial charge in [0.25, 0.3) is 0 Å². The maximum atomic E-state index is 12.6. The Labute approximate surface area is 126 Å². The second-order valence-corrected chi connectivity index (χ2v) is 6.14. The third kappa shape index (κ3) is 3.44. The van der Waals surface area contributed by atoms with Crippen LogP contribution < -0.4 is 11.1 Å². The molecule has 3 atom stereocenters. The fourth-order valence-corrected chi connectivity index (χ4v) is 3.18. The van der Waals surface area contributed by atoms with Crippen molar-refractivity contribution in [1.29, 1.82) is 0 Å². The van der Waals surface area contributed by atoms with E-state index >= 15 is 0 Å². The lowest BCUT2D eigenvalue weighted by atomic mass is 9.88. The monoisotopic (exact) mass is 288 g/mol. The van der Waals surface area contributed by atoms with Crippen molar-refractivity contribution in [3.8, 4) is 0 Å². The van der Waals surface area contributed by atoms with Gasteiger partial charge in [0, 0.05) is 19.2 Å². The molecule has 3 N–H and O–H groups in total. The number of rotatable bonds is 5. The zero-order chi connectivity index (χ0) is 14.7. The highest BCUT2D eigenvalue weighted by Gasteiger charge is 2.37. The van der Waals surface area contributed by atoms with Gasteiger partial charge in [0.1, 0.15) is 0 Å². The molecule has 0 radical (unpaired) electrons. The van der Waals surface area contributed by atoms with Crippen LogP contribution in [0.2, 0.25) is 0 Å². The minimum absolute atomic E-state index is 0.103. The minimum atomic E-state index is -0.127. The smallest absolute Gasteiger partial charge is 0.226 e. The fourth-order valence-electron chi connectivity index (χ4n) is 3.18. The predicted molar refractivity (Wildman–Crippen MR) is 81.6 cm³/mol. The van der Waals surface area contributed by atoms with Crippen LogP contribution in [0.5, 0.6) is 0 Å². The first-order valence-electron chi connectivity index (χ1n) is 7.96. The Morgan fingerprint density at radius 2 is 2.05 bits per heavy atom. The first-order chi connectivity index (χ1) is 10.3. The maximum absolute atomic E-state index is 12.6. The molecule has 0 bridgehead atoms. The third-order valence-corrected chi connectivity index (χ3v) is 4.56. The van der Waals surface area contributed by atoms with E-state index in [1.54, 1.807) is 0 Å². The number of carbonyl (C=O) groups excluding carboxylic acids is 1. The minimum Gasteiger partial charge on any atom is -0.373 e. The number of nitrogens with one attached hydrogen (secondary N) is 1. The molecule has 2 fully saturated rings. The summed E-state index contributed by atoms with van der Waals surface area (Å²) in [6.45, 7) is 1.26. The molecule has 1 aromatic carbocycles. The van der Waals surface area contributed by atoms with Gasteiger partial charge in [-0.1, -0.05) is 30.3 Å². The quantitative estimate of drug-likeness (QED) is 0.871. The number of carbonyl (C=O) groups is 1. The molecule has 114 valence electrons. The van der Waals surface area contributed by atoms with E-state index in [4.69, 9.17) is 10.5 Å². The SMILES string of the molecule is NCC(NC(=O)C1CCCOC1c1ccccc1)C1CC1. The molecule has 1 amide bonds. The summed E-state index contributed by atoms with van der Waals surface area (Å²) >= 11 is 0. The molecule has 21 heavy (non-hydrogen) atoms. The Balaban J connectivity index is 1.70. The number of hydrogen-bond acceptors (Lipinski definition) is 3. The van der Waals surface area contributed by atoms with Gasteiger partial charge >= 0.3 is 0 Å². The van der Waals surface area contributed by atoms with Crippen LogP contribution in [0, 0.1) is 11.8 Å².